The Labute approximate surface area is 121 Å². The first-order valence-corrected chi connectivity index (χ1v) is 7.81. The van der Waals surface area contributed by atoms with Crippen LogP contribution >= 0.6 is 11.3 Å². The summed E-state index contributed by atoms with van der Waals surface area (Å²) in [4.78, 5) is 22.6. The quantitative estimate of drug-likeness (QED) is 0.850. The number of nitrogens with one attached hydrogen (secondary N) is 2. The van der Waals surface area contributed by atoms with Crippen LogP contribution in [0.15, 0.2) is 6.33 Å². The minimum Gasteiger partial charge on any atom is -0.360 e. The van der Waals surface area contributed by atoms with Crippen molar-refractivity contribution in [3.8, 4) is 0 Å². The summed E-state index contributed by atoms with van der Waals surface area (Å²) < 4.78 is 0. The number of carbonyl (C=O) groups excluding carboxylic acids is 1. The number of fused-ring (bicyclic) bond motifs is 3. The number of hydrogen-bond acceptors (Lipinski definition) is 5. The molecule has 0 radical (unpaired) electrons. The number of aryl methyl sites for hydroxylation is 2. The number of rotatable bonds is 3. The van der Waals surface area contributed by atoms with Gasteiger partial charge in [-0.1, -0.05) is 6.42 Å². The molecular formula is C14H18N4OS. The summed E-state index contributed by atoms with van der Waals surface area (Å²) in [5, 5.41) is 6.87. The van der Waals surface area contributed by atoms with Crippen LogP contribution in [-0.4, -0.2) is 29.5 Å². The number of thiophene rings is 1. The highest BCUT2D eigenvalue weighted by Crippen LogP contribution is 2.37. The molecule has 0 bridgehead atoms. The number of carbonyl (C=O) groups is 1. The SMILES string of the molecule is CNC(=O)CNc1ncnc2sc3c(c12)CCCCC3. The molecule has 2 heterocycles. The molecule has 0 unspecified atom stereocenters. The first-order valence-electron chi connectivity index (χ1n) is 6.99. The van der Waals surface area contributed by atoms with E-state index in [4.69, 9.17) is 0 Å². The second-order valence-corrected chi connectivity index (χ2v) is 6.08. The van der Waals surface area contributed by atoms with Crippen LogP contribution in [0.25, 0.3) is 10.2 Å². The molecule has 3 rings (SSSR count). The van der Waals surface area contributed by atoms with Crippen LogP contribution < -0.4 is 10.6 Å². The predicted octanol–water partition coefficient (Wildman–Crippen LogP) is 2.12. The largest absolute Gasteiger partial charge is 0.360 e. The fraction of sp³-hybridized carbons (Fsp3) is 0.500. The second-order valence-electron chi connectivity index (χ2n) is 4.99. The van der Waals surface area contributed by atoms with Gasteiger partial charge in [-0.15, -0.1) is 11.3 Å². The van der Waals surface area contributed by atoms with Crippen molar-refractivity contribution in [3.05, 3.63) is 16.8 Å². The second kappa shape index (κ2) is 5.75. The minimum absolute atomic E-state index is 0.0434. The van der Waals surface area contributed by atoms with E-state index < -0.39 is 0 Å². The summed E-state index contributed by atoms with van der Waals surface area (Å²) in [7, 11) is 1.64. The smallest absolute Gasteiger partial charge is 0.239 e. The van der Waals surface area contributed by atoms with Crippen LogP contribution in [-0.2, 0) is 17.6 Å². The van der Waals surface area contributed by atoms with Crippen LogP contribution in [0.2, 0.25) is 0 Å². The molecule has 106 valence electrons. The lowest BCUT2D eigenvalue weighted by molar-refractivity contribution is -0.118. The highest BCUT2D eigenvalue weighted by atomic mass is 32.1. The third-order valence-corrected chi connectivity index (χ3v) is 4.90. The van der Waals surface area contributed by atoms with Gasteiger partial charge < -0.3 is 10.6 Å². The van der Waals surface area contributed by atoms with E-state index in [1.807, 2.05) is 0 Å². The van der Waals surface area contributed by atoms with Gasteiger partial charge in [0.15, 0.2) is 0 Å². The molecule has 0 saturated carbocycles. The molecule has 6 heteroatoms. The van der Waals surface area contributed by atoms with Crippen LogP contribution in [0.4, 0.5) is 5.82 Å². The highest BCUT2D eigenvalue weighted by Gasteiger charge is 2.18. The molecule has 0 saturated heterocycles. The Morgan fingerprint density at radius 3 is 3.00 bits per heavy atom. The van der Waals surface area contributed by atoms with Crippen molar-refractivity contribution in [2.75, 3.05) is 18.9 Å². The number of anilines is 1. The van der Waals surface area contributed by atoms with E-state index in [2.05, 4.69) is 20.6 Å². The molecule has 2 aromatic heterocycles. The normalized spacial score (nSPS) is 14.7. The van der Waals surface area contributed by atoms with Crippen LogP contribution in [0, 0.1) is 0 Å². The minimum atomic E-state index is -0.0434. The summed E-state index contributed by atoms with van der Waals surface area (Å²) in [6.45, 7) is 0.243. The van der Waals surface area contributed by atoms with Gasteiger partial charge in [0.25, 0.3) is 0 Å². The monoisotopic (exact) mass is 290 g/mol. The lowest BCUT2D eigenvalue weighted by Gasteiger charge is -2.07. The van der Waals surface area contributed by atoms with Crippen molar-refractivity contribution in [1.29, 1.82) is 0 Å². The summed E-state index contributed by atoms with van der Waals surface area (Å²) >= 11 is 1.78. The van der Waals surface area contributed by atoms with E-state index in [0.717, 1.165) is 28.9 Å². The molecule has 0 spiro atoms. The van der Waals surface area contributed by atoms with Crippen molar-refractivity contribution < 1.29 is 4.79 Å². The zero-order valence-electron chi connectivity index (χ0n) is 11.5. The molecular weight excluding hydrogens is 272 g/mol. The van der Waals surface area contributed by atoms with Gasteiger partial charge in [0, 0.05) is 11.9 Å². The molecule has 0 atom stereocenters. The maximum Gasteiger partial charge on any atom is 0.239 e. The number of amides is 1. The van der Waals surface area contributed by atoms with Crippen LogP contribution in [0.5, 0.6) is 0 Å². The highest BCUT2D eigenvalue weighted by molar-refractivity contribution is 7.18. The van der Waals surface area contributed by atoms with Gasteiger partial charge in [0.1, 0.15) is 17.0 Å². The summed E-state index contributed by atoms with van der Waals surface area (Å²) in [5.74, 6) is 0.746. The molecule has 0 fully saturated rings. The predicted molar refractivity (Wildman–Crippen MR) is 81.2 cm³/mol. The number of nitrogens with zero attached hydrogens (tertiary/aromatic N) is 2. The Morgan fingerprint density at radius 1 is 1.30 bits per heavy atom. The molecule has 0 aliphatic heterocycles. The number of hydrogen-bond donors (Lipinski definition) is 2. The molecule has 1 aliphatic rings. The van der Waals surface area contributed by atoms with Crippen molar-refractivity contribution in [1.82, 2.24) is 15.3 Å². The van der Waals surface area contributed by atoms with Gasteiger partial charge in [0.05, 0.1) is 11.9 Å². The first kappa shape index (κ1) is 13.3. The summed E-state index contributed by atoms with van der Waals surface area (Å²) in [6.07, 6.45) is 7.58. The van der Waals surface area contributed by atoms with Gasteiger partial charge in [-0.2, -0.15) is 0 Å². The number of likely N-dealkylation sites (N-methyl/N-ethyl adjacent to an activating group) is 1. The van der Waals surface area contributed by atoms with E-state index in [1.54, 1.807) is 24.7 Å². The molecule has 5 nitrogen and oxygen atoms in total. The van der Waals surface area contributed by atoms with E-state index in [-0.39, 0.29) is 12.5 Å². The first-order chi connectivity index (χ1) is 9.79. The third-order valence-electron chi connectivity index (χ3n) is 3.70. The molecule has 2 aromatic rings. The van der Waals surface area contributed by atoms with Gasteiger partial charge >= 0.3 is 0 Å². The molecule has 1 amide bonds. The molecule has 2 N–H and O–H groups in total. The lowest BCUT2D eigenvalue weighted by Crippen LogP contribution is -2.26. The average Bonchev–Trinajstić information content (AvgIpc) is 2.67. The lowest BCUT2D eigenvalue weighted by atomic mass is 10.1. The maximum atomic E-state index is 11.4. The van der Waals surface area contributed by atoms with E-state index in [9.17, 15) is 4.79 Å². The molecule has 20 heavy (non-hydrogen) atoms. The van der Waals surface area contributed by atoms with Crippen LogP contribution in [0.1, 0.15) is 29.7 Å². The van der Waals surface area contributed by atoms with E-state index in [0.29, 0.717) is 0 Å². The summed E-state index contributed by atoms with van der Waals surface area (Å²) in [5.41, 5.74) is 1.39. The van der Waals surface area contributed by atoms with E-state index >= 15 is 0 Å². The van der Waals surface area contributed by atoms with Gasteiger partial charge in [0.2, 0.25) is 5.91 Å². The van der Waals surface area contributed by atoms with Gasteiger partial charge in [-0.05, 0) is 31.2 Å². The zero-order chi connectivity index (χ0) is 13.9. The Morgan fingerprint density at radius 2 is 2.15 bits per heavy atom. The topological polar surface area (TPSA) is 66.9 Å². The molecule has 0 aromatic carbocycles. The van der Waals surface area contributed by atoms with Crippen molar-refractivity contribution >= 4 is 33.3 Å². The maximum absolute atomic E-state index is 11.4. The Kier molecular flexibility index (Phi) is 3.82. The van der Waals surface area contributed by atoms with Gasteiger partial charge in [-0.25, -0.2) is 9.97 Å². The fourth-order valence-electron chi connectivity index (χ4n) is 2.65. The molecule has 1 aliphatic carbocycles. The fourth-order valence-corrected chi connectivity index (χ4v) is 3.88. The van der Waals surface area contributed by atoms with E-state index in [1.165, 1.54) is 29.7 Å². The third kappa shape index (κ3) is 2.47. The Balaban J connectivity index is 1.99. The zero-order valence-corrected chi connectivity index (χ0v) is 12.3. The van der Waals surface area contributed by atoms with Crippen LogP contribution in [0.3, 0.4) is 0 Å². The van der Waals surface area contributed by atoms with Crippen molar-refractivity contribution in [2.24, 2.45) is 0 Å². The van der Waals surface area contributed by atoms with Crippen molar-refractivity contribution in [2.45, 2.75) is 32.1 Å². The summed E-state index contributed by atoms with van der Waals surface area (Å²) in [6, 6.07) is 0. The standard InChI is InChI=1S/C14H18N4OS/c1-15-11(19)7-16-13-12-9-5-3-2-4-6-10(9)20-14(12)18-8-17-13/h8H,2-7H2,1H3,(H,15,19)(H,16,17,18). The Bertz CT molecular complexity index is 637. The Hall–Kier alpha value is -1.69. The average molecular weight is 290 g/mol. The number of aromatic nitrogens is 2. The van der Waals surface area contributed by atoms with Gasteiger partial charge in [-0.3, -0.25) is 4.79 Å². The van der Waals surface area contributed by atoms with Crippen molar-refractivity contribution in [3.63, 3.8) is 0 Å².